The molecule has 0 saturated carbocycles. The van der Waals surface area contributed by atoms with Crippen LogP contribution in [0.2, 0.25) is 0 Å². The minimum Gasteiger partial charge on any atom is -0.445 e. The van der Waals surface area contributed by atoms with Crippen molar-refractivity contribution in [3.05, 3.63) is 22.8 Å². The molecule has 112 valence electrons. The van der Waals surface area contributed by atoms with E-state index in [4.69, 9.17) is 5.73 Å². The van der Waals surface area contributed by atoms with Crippen LogP contribution in [-0.4, -0.2) is 38.1 Å². The Balaban J connectivity index is 2.34. The van der Waals surface area contributed by atoms with Gasteiger partial charge in [0.15, 0.2) is 0 Å². The van der Waals surface area contributed by atoms with Gasteiger partial charge in [0.2, 0.25) is 0 Å². The molecule has 0 spiro atoms. The van der Waals surface area contributed by atoms with Crippen molar-refractivity contribution in [1.82, 2.24) is 10.2 Å². The molecule has 0 unspecified atom stereocenters. The van der Waals surface area contributed by atoms with Gasteiger partial charge in [-0.3, -0.25) is 4.90 Å². The first-order chi connectivity index (χ1) is 9.30. The van der Waals surface area contributed by atoms with Gasteiger partial charge in [-0.25, -0.2) is 0 Å². The molecule has 0 atom stereocenters. The Bertz CT molecular complexity index is 497. The molecule has 0 aromatic heterocycles. The Hall–Kier alpha value is -1.21. The maximum atomic E-state index is 13.1. The molecule has 1 heterocycles. The number of nitrogen functional groups attached to an aromatic ring is 1. The van der Waals surface area contributed by atoms with E-state index in [1.807, 2.05) is 0 Å². The van der Waals surface area contributed by atoms with Crippen molar-refractivity contribution in [3.63, 3.8) is 0 Å². The minimum absolute atomic E-state index is 0.152. The highest BCUT2D eigenvalue weighted by atomic mass is 19.4. The summed E-state index contributed by atoms with van der Waals surface area (Å²) in [5.41, 5.74) is 7.18. The second kappa shape index (κ2) is 5.65. The van der Waals surface area contributed by atoms with Crippen LogP contribution in [0.15, 0.2) is 6.07 Å². The summed E-state index contributed by atoms with van der Waals surface area (Å²) in [4.78, 5) is 2.15. The van der Waals surface area contributed by atoms with Gasteiger partial charge in [0.05, 0.1) is 0 Å². The van der Waals surface area contributed by atoms with Crippen LogP contribution >= 0.6 is 0 Å². The third-order valence-corrected chi connectivity index (χ3v) is 4.01. The highest BCUT2D eigenvalue weighted by Gasteiger charge is 2.29. The normalized spacial score (nSPS) is 17.4. The molecule has 0 amide bonds. The summed E-state index contributed by atoms with van der Waals surface area (Å²) in [5, 5.41) is 3.23. The van der Waals surface area contributed by atoms with Gasteiger partial charge in [0.1, 0.15) is 0 Å². The monoisotopic (exact) mass is 286 g/mol. The van der Waals surface area contributed by atoms with Crippen molar-refractivity contribution >= 4 is 18.1 Å². The average Bonchev–Trinajstić information content (AvgIpc) is 2.39. The van der Waals surface area contributed by atoms with Gasteiger partial charge in [0.25, 0.3) is 0 Å². The van der Waals surface area contributed by atoms with Crippen LogP contribution in [0.1, 0.15) is 16.7 Å². The number of nitrogens with two attached hydrogens (primary N) is 1. The summed E-state index contributed by atoms with van der Waals surface area (Å²) in [5.74, 6) is 0. The van der Waals surface area contributed by atoms with E-state index in [9.17, 15) is 12.9 Å². The third kappa shape index (κ3) is 3.09. The van der Waals surface area contributed by atoms with E-state index in [1.54, 1.807) is 6.92 Å². The van der Waals surface area contributed by atoms with Crippen LogP contribution in [-0.2, 0) is 6.54 Å². The van der Waals surface area contributed by atoms with E-state index in [1.165, 1.54) is 13.0 Å². The van der Waals surface area contributed by atoms with Gasteiger partial charge < -0.3 is 24.0 Å². The Morgan fingerprint density at radius 1 is 1.20 bits per heavy atom. The first-order valence-corrected chi connectivity index (χ1v) is 6.82. The molecular formula is C13H20BF3N3-. The fourth-order valence-corrected chi connectivity index (χ4v) is 2.63. The van der Waals surface area contributed by atoms with Crippen molar-refractivity contribution in [2.24, 2.45) is 0 Å². The van der Waals surface area contributed by atoms with E-state index in [0.717, 1.165) is 31.7 Å². The zero-order valence-corrected chi connectivity index (χ0v) is 11.8. The van der Waals surface area contributed by atoms with E-state index < -0.39 is 12.4 Å². The minimum atomic E-state index is -5.02. The molecule has 1 aromatic carbocycles. The summed E-state index contributed by atoms with van der Waals surface area (Å²) < 4.78 is 39.3. The number of benzene rings is 1. The van der Waals surface area contributed by atoms with Crippen molar-refractivity contribution < 1.29 is 12.9 Å². The van der Waals surface area contributed by atoms with Crippen molar-refractivity contribution in [2.45, 2.75) is 20.4 Å². The summed E-state index contributed by atoms with van der Waals surface area (Å²) in [6, 6.07) is 1.28. The molecule has 3 N–H and O–H groups in total. The number of nitrogens with zero attached hydrogens (tertiary/aromatic N) is 1. The number of hydrogen-bond acceptors (Lipinski definition) is 3. The van der Waals surface area contributed by atoms with Crippen molar-refractivity contribution in [3.8, 4) is 0 Å². The van der Waals surface area contributed by atoms with E-state index in [0.29, 0.717) is 12.1 Å². The summed E-state index contributed by atoms with van der Waals surface area (Å²) >= 11 is 0. The highest BCUT2D eigenvalue weighted by molar-refractivity contribution is 6.74. The summed E-state index contributed by atoms with van der Waals surface area (Å²) in [6.07, 6.45) is 0. The quantitative estimate of drug-likeness (QED) is 0.651. The van der Waals surface area contributed by atoms with Crippen molar-refractivity contribution in [1.29, 1.82) is 0 Å². The van der Waals surface area contributed by atoms with Gasteiger partial charge in [-0.1, -0.05) is 11.6 Å². The standard InChI is InChI=1S/C13H20BF3N3/c1-9-11(8-20-5-3-19-4-6-20)7-12(14(15,16)17)10(2)13(9)18/h7,19H,3-6,8,18H2,1-2H3/q-1. The van der Waals surface area contributed by atoms with E-state index >= 15 is 0 Å². The largest absolute Gasteiger partial charge is 0.509 e. The fraction of sp³-hybridized carbons (Fsp3) is 0.538. The van der Waals surface area contributed by atoms with E-state index in [-0.39, 0.29) is 11.3 Å². The molecule has 1 aromatic rings. The van der Waals surface area contributed by atoms with Crippen LogP contribution in [0, 0.1) is 13.8 Å². The van der Waals surface area contributed by atoms with Crippen LogP contribution in [0.25, 0.3) is 0 Å². The molecule has 1 fully saturated rings. The first-order valence-electron chi connectivity index (χ1n) is 6.82. The summed E-state index contributed by atoms with van der Waals surface area (Å²) in [7, 11) is 0. The Morgan fingerprint density at radius 2 is 1.80 bits per heavy atom. The molecule has 0 aliphatic carbocycles. The topological polar surface area (TPSA) is 41.3 Å². The predicted molar refractivity (Wildman–Crippen MR) is 77.2 cm³/mol. The zero-order chi connectivity index (χ0) is 14.9. The Labute approximate surface area is 117 Å². The molecule has 3 nitrogen and oxygen atoms in total. The number of rotatable bonds is 3. The second-order valence-corrected chi connectivity index (χ2v) is 5.39. The number of halogens is 3. The molecule has 20 heavy (non-hydrogen) atoms. The number of anilines is 1. The lowest BCUT2D eigenvalue weighted by Gasteiger charge is -2.29. The Morgan fingerprint density at radius 3 is 2.35 bits per heavy atom. The molecular weight excluding hydrogens is 266 g/mol. The third-order valence-electron chi connectivity index (χ3n) is 4.01. The van der Waals surface area contributed by atoms with E-state index in [2.05, 4.69) is 10.2 Å². The average molecular weight is 286 g/mol. The SMILES string of the molecule is Cc1c(CN2CCNCC2)cc([B-](F)(F)F)c(C)c1N. The van der Waals surface area contributed by atoms with Gasteiger partial charge in [-0.15, -0.1) is 5.46 Å². The van der Waals surface area contributed by atoms with Crippen molar-refractivity contribution in [2.75, 3.05) is 31.9 Å². The molecule has 2 rings (SSSR count). The van der Waals surface area contributed by atoms with Crippen LogP contribution in [0.4, 0.5) is 18.6 Å². The first kappa shape index (κ1) is 15.2. The number of piperazine rings is 1. The molecule has 7 heteroatoms. The van der Waals surface area contributed by atoms with Gasteiger partial charge >= 0.3 is 6.98 Å². The fourth-order valence-electron chi connectivity index (χ4n) is 2.63. The smallest absolute Gasteiger partial charge is 0.445 e. The lowest BCUT2D eigenvalue weighted by molar-refractivity contribution is 0.233. The Kier molecular flexibility index (Phi) is 4.29. The van der Waals surface area contributed by atoms with Gasteiger partial charge in [0, 0.05) is 38.4 Å². The molecule has 1 aliphatic heterocycles. The summed E-state index contributed by atoms with van der Waals surface area (Å²) in [6.45, 7) is 2.18. The maximum absolute atomic E-state index is 13.1. The molecule has 1 aliphatic rings. The molecule has 0 radical (unpaired) electrons. The maximum Gasteiger partial charge on any atom is 0.509 e. The van der Waals surface area contributed by atoms with Gasteiger partial charge in [-0.2, -0.15) is 0 Å². The molecule has 1 saturated heterocycles. The van der Waals surface area contributed by atoms with Crippen LogP contribution in [0.5, 0.6) is 0 Å². The van der Waals surface area contributed by atoms with Crippen LogP contribution < -0.4 is 16.5 Å². The van der Waals surface area contributed by atoms with Gasteiger partial charge in [-0.05, 0) is 25.0 Å². The molecule has 0 bridgehead atoms. The lowest BCUT2D eigenvalue weighted by Crippen LogP contribution is -2.43. The predicted octanol–water partition coefficient (Wildman–Crippen LogP) is 1.35. The lowest BCUT2D eigenvalue weighted by atomic mass is 9.75. The number of hydrogen-bond donors (Lipinski definition) is 2. The zero-order valence-electron chi connectivity index (χ0n) is 11.8. The van der Waals surface area contributed by atoms with Crippen LogP contribution in [0.3, 0.4) is 0 Å². The number of nitrogens with one attached hydrogen (secondary N) is 1. The highest BCUT2D eigenvalue weighted by Crippen LogP contribution is 2.24. The second-order valence-electron chi connectivity index (χ2n) is 5.39.